The third-order valence-corrected chi connectivity index (χ3v) is 16.7. The third kappa shape index (κ3) is 5.62. The molecule has 0 aromatic heterocycles. The number of hydrogen-bond acceptors (Lipinski definition) is 2. The van der Waals surface area contributed by atoms with Gasteiger partial charge in [-0.05, 0) is 143 Å². The minimum Gasteiger partial charge on any atom is -0.310 e. The fraction of sp³-hybridized carbons (Fsp3) is 0.0345. The van der Waals surface area contributed by atoms with E-state index in [0.717, 1.165) is 22.7 Å². The smallest absolute Gasteiger partial charge is 0.113 e. The van der Waals surface area contributed by atoms with Gasteiger partial charge in [0.15, 0.2) is 0 Å². The molecule has 1 aliphatic heterocycles. The molecule has 11 aromatic rings. The van der Waals surface area contributed by atoms with Crippen LogP contribution in [0.3, 0.4) is 0 Å². The van der Waals surface area contributed by atoms with Crippen molar-refractivity contribution in [2.24, 2.45) is 0 Å². The number of anilines is 6. The van der Waals surface area contributed by atoms with Crippen LogP contribution in [0.1, 0.15) is 0 Å². The summed E-state index contributed by atoms with van der Waals surface area (Å²) in [5.41, 5.74) is 9.63. The molecule has 2 nitrogen and oxygen atoms in total. The van der Waals surface area contributed by atoms with E-state index in [0.29, 0.717) is 0 Å². The van der Waals surface area contributed by atoms with Gasteiger partial charge in [0.25, 0.3) is 0 Å². The molecule has 3 heteroatoms. The molecule has 0 aliphatic carbocycles. The summed E-state index contributed by atoms with van der Waals surface area (Å²) in [7, 11) is -2.23. The molecule has 1 aliphatic rings. The van der Waals surface area contributed by atoms with Crippen LogP contribution in [-0.2, 0) is 0 Å². The van der Waals surface area contributed by atoms with Crippen molar-refractivity contribution in [3.05, 3.63) is 218 Å². The van der Waals surface area contributed by atoms with E-state index in [-0.39, 0.29) is 0 Å². The molecule has 0 unspecified atom stereocenters. The first kappa shape index (κ1) is 35.5. The average Bonchev–Trinajstić information content (AvgIpc) is 3.31. The summed E-state index contributed by atoms with van der Waals surface area (Å²) in [6, 6.07) is 81.0. The second-order valence-electron chi connectivity index (χ2n) is 16.9. The van der Waals surface area contributed by atoms with E-state index >= 15 is 0 Å². The Kier molecular flexibility index (Phi) is 8.03. The fourth-order valence-corrected chi connectivity index (χ4v) is 13.3. The second kappa shape index (κ2) is 13.8. The van der Waals surface area contributed by atoms with Crippen LogP contribution in [-0.4, -0.2) is 8.07 Å². The second-order valence-corrected chi connectivity index (χ2v) is 21.3. The molecular formula is C58H42N2Si. The number of para-hydroxylation sites is 2. The van der Waals surface area contributed by atoms with E-state index < -0.39 is 8.07 Å². The van der Waals surface area contributed by atoms with Crippen molar-refractivity contribution in [2.75, 3.05) is 9.80 Å². The Morgan fingerprint density at radius 2 is 0.803 bits per heavy atom. The van der Waals surface area contributed by atoms with E-state index in [1.165, 1.54) is 86.7 Å². The predicted molar refractivity (Wildman–Crippen MR) is 266 cm³/mol. The van der Waals surface area contributed by atoms with Crippen molar-refractivity contribution < 1.29 is 0 Å². The van der Waals surface area contributed by atoms with Gasteiger partial charge in [0.1, 0.15) is 8.07 Å². The highest BCUT2D eigenvalue weighted by Gasteiger charge is 2.37. The van der Waals surface area contributed by atoms with Crippen molar-refractivity contribution in [1.82, 2.24) is 0 Å². The quantitative estimate of drug-likeness (QED) is 0.122. The van der Waals surface area contributed by atoms with Gasteiger partial charge in [-0.1, -0.05) is 159 Å². The highest BCUT2D eigenvalue weighted by atomic mass is 28.3. The molecule has 0 bridgehead atoms. The molecule has 0 saturated carbocycles. The first-order valence-corrected chi connectivity index (χ1v) is 24.3. The third-order valence-electron chi connectivity index (χ3n) is 13.1. The topological polar surface area (TPSA) is 6.48 Å². The molecule has 11 aromatic carbocycles. The number of fused-ring (bicyclic) bond motifs is 8. The Balaban J connectivity index is 1.09. The standard InChI is InChI=1S/C58H42N2Si/c1-61(2)56-27-15-26-51-53-38-55(60(44-22-7-4-8-23-44)46-31-29-40-17-10-12-19-42(40)35-46)49-25-14-13-24-48(49)52(53)37-54(58(51)56)50-33-32-47(36-57(50)61)59(43-20-5-3-6-21-43)45-30-28-39-16-9-11-18-41(39)34-45/h3-38H,1-2H3. The van der Waals surface area contributed by atoms with Crippen LogP contribution in [0.15, 0.2) is 218 Å². The fourth-order valence-electron chi connectivity index (χ4n) is 10.2. The first-order chi connectivity index (χ1) is 30.0. The summed E-state index contributed by atoms with van der Waals surface area (Å²) in [4.78, 5) is 4.88. The summed E-state index contributed by atoms with van der Waals surface area (Å²) < 4.78 is 0. The summed E-state index contributed by atoms with van der Waals surface area (Å²) in [5, 5.41) is 15.7. The highest BCUT2D eigenvalue weighted by Crippen LogP contribution is 2.47. The predicted octanol–water partition coefficient (Wildman–Crippen LogP) is 15.2. The molecule has 0 amide bonds. The molecule has 0 N–H and O–H groups in total. The van der Waals surface area contributed by atoms with Crippen LogP contribution in [0.4, 0.5) is 34.1 Å². The molecular weight excluding hydrogens is 753 g/mol. The van der Waals surface area contributed by atoms with Crippen LogP contribution in [0.25, 0.3) is 65.0 Å². The van der Waals surface area contributed by atoms with Crippen LogP contribution in [0, 0.1) is 0 Å². The van der Waals surface area contributed by atoms with Gasteiger partial charge >= 0.3 is 0 Å². The Morgan fingerprint density at radius 3 is 1.48 bits per heavy atom. The summed E-state index contributed by atoms with van der Waals surface area (Å²) >= 11 is 0. The Hall–Kier alpha value is -7.46. The lowest BCUT2D eigenvalue weighted by Gasteiger charge is -2.36. The maximum atomic E-state index is 2.54. The molecule has 61 heavy (non-hydrogen) atoms. The lowest BCUT2D eigenvalue weighted by Crippen LogP contribution is -2.56. The SMILES string of the molecule is C[Si]1(C)c2cc(N(c3ccccc3)c3ccc4ccccc4c3)ccc2-c2cc3c4ccccc4c(N(c4ccccc4)c4ccc5ccccc5c4)cc3c3cccc1c23. The highest BCUT2D eigenvalue weighted by molar-refractivity contribution is 7.03. The zero-order chi connectivity index (χ0) is 40.7. The van der Waals surface area contributed by atoms with E-state index in [1.54, 1.807) is 0 Å². The first-order valence-electron chi connectivity index (χ1n) is 21.3. The Labute approximate surface area is 357 Å². The van der Waals surface area contributed by atoms with Crippen molar-refractivity contribution in [1.29, 1.82) is 0 Å². The minimum atomic E-state index is -2.23. The normalized spacial score (nSPS) is 12.9. The van der Waals surface area contributed by atoms with Crippen LogP contribution < -0.4 is 20.2 Å². The largest absolute Gasteiger partial charge is 0.310 e. The van der Waals surface area contributed by atoms with Gasteiger partial charge in [-0.25, -0.2) is 0 Å². The lowest BCUT2D eigenvalue weighted by molar-refractivity contribution is 1.29. The van der Waals surface area contributed by atoms with Gasteiger partial charge < -0.3 is 9.80 Å². The Morgan fingerprint density at radius 1 is 0.295 bits per heavy atom. The number of benzene rings is 11. The van der Waals surface area contributed by atoms with Gasteiger partial charge in [0, 0.05) is 33.8 Å². The van der Waals surface area contributed by atoms with E-state index in [9.17, 15) is 0 Å². The average molecular weight is 795 g/mol. The maximum Gasteiger partial charge on any atom is 0.113 e. The zero-order valence-electron chi connectivity index (χ0n) is 34.2. The van der Waals surface area contributed by atoms with Gasteiger partial charge in [-0.15, -0.1) is 0 Å². The van der Waals surface area contributed by atoms with Crippen LogP contribution in [0.2, 0.25) is 13.1 Å². The lowest BCUT2D eigenvalue weighted by atomic mass is 9.89. The number of rotatable bonds is 6. The summed E-state index contributed by atoms with van der Waals surface area (Å²) in [5.74, 6) is 0. The molecule has 288 valence electrons. The molecule has 0 radical (unpaired) electrons. The van der Waals surface area contributed by atoms with E-state index in [1.807, 2.05) is 0 Å². The Bertz CT molecular complexity index is 3520. The van der Waals surface area contributed by atoms with Crippen LogP contribution in [0.5, 0.6) is 0 Å². The van der Waals surface area contributed by atoms with Gasteiger partial charge in [0.2, 0.25) is 0 Å². The van der Waals surface area contributed by atoms with Crippen LogP contribution >= 0.6 is 0 Å². The van der Waals surface area contributed by atoms with Crippen molar-refractivity contribution in [3.63, 3.8) is 0 Å². The van der Waals surface area contributed by atoms with Crippen molar-refractivity contribution >= 4 is 106 Å². The summed E-state index contributed by atoms with van der Waals surface area (Å²) in [6.45, 7) is 5.09. The minimum absolute atomic E-state index is 1.14. The van der Waals surface area contributed by atoms with Gasteiger partial charge in [-0.2, -0.15) is 0 Å². The monoisotopic (exact) mass is 794 g/mol. The van der Waals surface area contributed by atoms with Crippen molar-refractivity contribution in [3.8, 4) is 11.1 Å². The number of nitrogens with zero attached hydrogens (tertiary/aromatic N) is 2. The van der Waals surface area contributed by atoms with Gasteiger partial charge in [-0.3, -0.25) is 0 Å². The molecule has 1 heterocycles. The zero-order valence-corrected chi connectivity index (χ0v) is 35.2. The van der Waals surface area contributed by atoms with E-state index in [2.05, 4.69) is 241 Å². The maximum absolute atomic E-state index is 2.54. The number of hydrogen-bond donors (Lipinski definition) is 0. The van der Waals surface area contributed by atoms with E-state index in [4.69, 9.17) is 0 Å². The molecule has 0 fully saturated rings. The molecule has 0 atom stereocenters. The van der Waals surface area contributed by atoms with Crippen molar-refractivity contribution in [2.45, 2.75) is 13.1 Å². The van der Waals surface area contributed by atoms with Gasteiger partial charge in [0.05, 0.1) is 5.69 Å². The molecule has 0 spiro atoms. The summed E-state index contributed by atoms with van der Waals surface area (Å²) in [6.07, 6.45) is 0. The molecule has 12 rings (SSSR count). The molecule has 0 saturated heterocycles.